The molecule has 3 heterocycles. The van der Waals surface area contributed by atoms with Gasteiger partial charge in [0.25, 0.3) is 0 Å². The molecule has 0 saturated carbocycles. The molecule has 1 aromatic heterocycles. The molecule has 2 amide bonds. The zero-order valence-electron chi connectivity index (χ0n) is 10.8. The summed E-state index contributed by atoms with van der Waals surface area (Å²) in [5.41, 5.74) is 1.21. The van der Waals surface area contributed by atoms with E-state index in [-0.39, 0.29) is 12.1 Å². The van der Waals surface area contributed by atoms with Gasteiger partial charge in [-0.2, -0.15) is 15.4 Å². The van der Waals surface area contributed by atoms with E-state index in [2.05, 4.69) is 11.7 Å². The van der Waals surface area contributed by atoms with Gasteiger partial charge in [-0.05, 0) is 12.1 Å². The van der Waals surface area contributed by atoms with Crippen LogP contribution in [0.15, 0.2) is 31.0 Å². The number of nitriles is 1. The smallest absolute Gasteiger partial charge is 0.314 e. The first-order valence-electron chi connectivity index (χ1n) is 6.21. The fraction of sp³-hybridized carbons (Fsp3) is 0.308. The van der Waals surface area contributed by atoms with Gasteiger partial charge in [0.1, 0.15) is 6.07 Å². The van der Waals surface area contributed by atoms with E-state index in [0.717, 1.165) is 5.70 Å². The minimum absolute atomic E-state index is 0.138. The number of nitrogens with zero attached hydrogens (tertiary/aromatic N) is 5. The molecule has 1 fully saturated rings. The van der Waals surface area contributed by atoms with Gasteiger partial charge in [0.15, 0.2) is 5.69 Å². The maximum Gasteiger partial charge on any atom is 0.345 e. The number of carbonyl (C=O) groups is 1. The third-order valence-corrected chi connectivity index (χ3v) is 3.23. The molecule has 0 aromatic carbocycles. The van der Waals surface area contributed by atoms with Crippen LogP contribution in [0.1, 0.15) is 5.69 Å². The number of hydrogen-bond donors (Lipinski definition) is 0. The normalized spacial score (nSPS) is 20.9. The highest BCUT2D eigenvalue weighted by Crippen LogP contribution is 2.26. The van der Waals surface area contributed by atoms with Crippen molar-refractivity contribution in [2.24, 2.45) is 0 Å². The zero-order valence-corrected chi connectivity index (χ0v) is 10.8. The molecule has 0 N–H and O–H groups in total. The Morgan fingerprint density at radius 3 is 3.20 bits per heavy atom. The molecular weight excluding hydrogens is 258 g/mol. The highest BCUT2D eigenvalue weighted by atomic mass is 16.7. The predicted octanol–water partition coefficient (Wildman–Crippen LogP) is 0.833. The SMILES string of the molecule is C=CCON1C(=O)N2CC(n3ccc(C#N)n3)=CC1C2. The summed E-state index contributed by atoms with van der Waals surface area (Å²) < 4.78 is 1.63. The van der Waals surface area contributed by atoms with Crippen molar-refractivity contribution in [3.63, 3.8) is 0 Å². The summed E-state index contributed by atoms with van der Waals surface area (Å²) in [6.07, 6.45) is 5.26. The molecule has 7 nitrogen and oxygen atoms in total. The van der Waals surface area contributed by atoms with Gasteiger partial charge < -0.3 is 4.90 Å². The van der Waals surface area contributed by atoms with Gasteiger partial charge in [-0.25, -0.2) is 9.48 Å². The summed E-state index contributed by atoms with van der Waals surface area (Å²) in [4.78, 5) is 19.2. The van der Waals surface area contributed by atoms with Crippen LogP contribution in [-0.2, 0) is 4.84 Å². The number of amides is 2. The second-order valence-electron chi connectivity index (χ2n) is 4.56. The largest absolute Gasteiger partial charge is 0.345 e. The standard InChI is InChI=1S/C13H13N5O2/c1-2-5-20-18-12-6-11(8-16(9-12)13(18)19)17-4-3-10(7-14)15-17/h2-4,6,12H,1,5,8-9H2. The predicted molar refractivity (Wildman–Crippen MR) is 70.0 cm³/mol. The molecule has 2 aliphatic heterocycles. The average molecular weight is 271 g/mol. The number of rotatable bonds is 4. The van der Waals surface area contributed by atoms with Crippen LogP contribution >= 0.6 is 0 Å². The summed E-state index contributed by atoms with van der Waals surface area (Å²) in [6.45, 7) is 4.92. The van der Waals surface area contributed by atoms with E-state index in [9.17, 15) is 4.79 Å². The summed E-state index contributed by atoms with van der Waals surface area (Å²) in [6, 6.07) is 3.33. The van der Waals surface area contributed by atoms with Crippen molar-refractivity contribution in [3.05, 3.63) is 36.7 Å². The highest BCUT2D eigenvalue weighted by Gasteiger charge is 2.41. The lowest BCUT2D eigenvalue weighted by Gasteiger charge is -2.21. The number of carbonyl (C=O) groups excluding carboxylic acids is 1. The third-order valence-electron chi connectivity index (χ3n) is 3.23. The minimum atomic E-state index is -0.157. The van der Waals surface area contributed by atoms with E-state index in [0.29, 0.717) is 25.4 Å². The van der Waals surface area contributed by atoms with Crippen molar-refractivity contribution in [2.45, 2.75) is 6.04 Å². The van der Waals surface area contributed by atoms with E-state index >= 15 is 0 Å². The Bertz CT molecular complexity index is 627. The van der Waals surface area contributed by atoms with Gasteiger partial charge in [-0.1, -0.05) is 6.08 Å². The van der Waals surface area contributed by atoms with E-state index in [4.69, 9.17) is 10.1 Å². The summed E-state index contributed by atoms with van der Waals surface area (Å²) >= 11 is 0. The Morgan fingerprint density at radius 2 is 2.50 bits per heavy atom. The highest BCUT2D eigenvalue weighted by molar-refractivity contribution is 5.80. The molecule has 2 bridgehead atoms. The number of hydroxylamine groups is 2. The van der Waals surface area contributed by atoms with Crippen LogP contribution in [0.4, 0.5) is 4.79 Å². The maximum absolute atomic E-state index is 12.1. The van der Waals surface area contributed by atoms with E-state index < -0.39 is 0 Å². The van der Waals surface area contributed by atoms with Crippen LogP contribution in [0.3, 0.4) is 0 Å². The molecular formula is C13H13N5O2. The molecule has 0 aliphatic carbocycles. The molecule has 1 atom stereocenters. The maximum atomic E-state index is 12.1. The van der Waals surface area contributed by atoms with Crippen molar-refractivity contribution in [1.29, 1.82) is 5.26 Å². The number of aromatic nitrogens is 2. The van der Waals surface area contributed by atoms with Crippen LogP contribution in [0.2, 0.25) is 0 Å². The Balaban J connectivity index is 1.84. The van der Waals surface area contributed by atoms with Crippen molar-refractivity contribution >= 4 is 11.7 Å². The fourth-order valence-corrected chi connectivity index (χ4v) is 2.36. The lowest BCUT2D eigenvalue weighted by molar-refractivity contribution is -0.107. The fourth-order valence-electron chi connectivity index (χ4n) is 2.36. The Hall–Kier alpha value is -2.59. The van der Waals surface area contributed by atoms with Gasteiger partial charge in [-0.15, -0.1) is 6.58 Å². The molecule has 7 heteroatoms. The quantitative estimate of drug-likeness (QED) is 0.760. The van der Waals surface area contributed by atoms with Crippen molar-refractivity contribution < 1.29 is 9.63 Å². The van der Waals surface area contributed by atoms with Crippen LogP contribution in [0.5, 0.6) is 0 Å². The molecule has 102 valence electrons. The van der Waals surface area contributed by atoms with E-state index in [1.807, 2.05) is 12.1 Å². The van der Waals surface area contributed by atoms with Crippen LogP contribution in [0.25, 0.3) is 5.70 Å². The zero-order chi connectivity index (χ0) is 14.1. The number of fused-ring (bicyclic) bond motifs is 2. The van der Waals surface area contributed by atoms with E-state index in [1.165, 1.54) is 5.06 Å². The molecule has 2 aliphatic rings. The molecule has 1 unspecified atom stereocenters. The average Bonchev–Trinajstić information content (AvgIpc) is 3.03. The molecule has 0 radical (unpaired) electrons. The van der Waals surface area contributed by atoms with Gasteiger partial charge in [0.05, 0.1) is 24.9 Å². The van der Waals surface area contributed by atoms with Gasteiger partial charge in [-0.3, -0.25) is 4.84 Å². The second kappa shape index (κ2) is 4.83. The first-order chi connectivity index (χ1) is 9.72. The Morgan fingerprint density at radius 1 is 1.65 bits per heavy atom. The molecule has 3 rings (SSSR count). The number of urea groups is 1. The summed E-state index contributed by atoms with van der Waals surface area (Å²) in [5.74, 6) is 0. The Kier molecular flexibility index (Phi) is 3.00. The molecule has 1 aromatic rings. The third kappa shape index (κ3) is 1.96. The van der Waals surface area contributed by atoms with Crippen LogP contribution in [-0.4, -0.2) is 51.5 Å². The lowest BCUT2D eigenvalue weighted by atomic mass is 10.2. The van der Waals surface area contributed by atoms with Crippen LogP contribution in [0, 0.1) is 11.3 Å². The van der Waals surface area contributed by atoms with Gasteiger partial charge in [0.2, 0.25) is 0 Å². The van der Waals surface area contributed by atoms with Gasteiger partial charge in [0, 0.05) is 12.7 Å². The molecule has 1 saturated heterocycles. The minimum Gasteiger partial charge on any atom is -0.314 e. The first-order valence-corrected chi connectivity index (χ1v) is 6.21. The topological polar surface area (TPSA) is 74.4 Å². The van der Waals surface area contributed by atoms with Gasteiger partial charge >= 0.3 is 6.03 Å². The Labute approximate surface area is 115 Å². The summed E-state index contributed by atoms with van der Waals surface area (Å²) in [5, 5.41) is 14.3. The van der Waals surface area contributed by atoms with E-state index in [1.54, 1.807) is 27.9 Å². The van der Waals surface area contributed by atoms with Crippen LogP contribution < -0.4 is 0 Å². The lowest BCUT2D eigenvalue weighted by Crippen LogP contribution is -2.33. The number of hydrogen-bond acceptors (Lipinski definition) is 4. The monoisotopic (exact) mass is 271 g/mol. The first kappa shape index (κ1) is 12.4. The van der Waals surface area contributed by atoms with Crippen molar-refractivity contribution in [3.8, 4) is 6.07 Å². The molecule has 0 spiro atoms. The summed E-state index contributed by atoms with van der Waals surface area (Å²) in [7, 11) is 0. The molecule has 20 heavy (non-hydrogen) atoms. The van der Waals surface area contributed by atoms with Crippen molar-refractivity contribution in [2.75, 3.05) is 19.7 Å². The van der Waals surface area contributed by atoms with Crippen molar-refractivity contribution in [1.82, 2.24) is 19.7 Å². The second-order valence-corrected chi connectivity index (χ2v) is 4.56.